The average Bonchev–Trinajstić information content (AvgIpc) is 2.66. The van der Waals surface area contributed by atoms with Crippen LogP contribution in [0.1, 0.15) is 16.1 Å². The van der Waals surface area contributed by atoms with E-state index in [4.69, 9.17) is 0 Å². The van der Waals surface area contributed by atoms with Crippen LogP contribution in [0.2, 0.25) is 0 Å². The van der Waals surface area contributed by atoms with E-state index in [-0.39, 0.29) is 5.91 Å². The van der Waals surface area contributed by atoms with Gasteiger partial charge in [0.05, 0.1) is 23.3 Å². The van der Waals surface area contributed by atoms with Crippen molar-refractivity contribution in [3.8, 4) is 0 Å². The van der Waals surface area contributed by atoms with Gasteiger partial charge in [-0.15, -0.1) is 0 Å². The van der Waals surface area contributed by atoms with Crippen LogP contribution in [0, 0.1) is 6.92 Å². The van der Waals surface area contributed by atoms with E-state index < -0.39 is 0 Å². The molecule has 0 fully saturated rings. The van der Waals surface area contributed by atoms with Gasteiger partial charge in [0.25, 0.3) is 5.91 Å². The number of nitrogens with zero attached hydrogens (tertiary/aromatic N) is 1. The van der Waals surface area contributed by atoms with Gasteiger partial charge in [-0.2, -0.15) is 0 Å². The molecule has 0 unspecified atom stereocenters. The van der Waals surface area contributed by atoms with Crippen molar-refractivity contribution < 1.29 is 9.59 Å². The molecule has 1 heterocycles. The molecule has 3 aromatic rings. The van der Waals surface area contributed by atoms with Crippen molar-refractivity contribution in [2.24, 2.45) is 0 Å². The van der Waals surface area contributed by atoms with E-state index >= 15 is 0 Å². The van der Waals surface area contributed by atoms with Crippen molar-refractivity contribution in [1.82, 2.24) is 4.98 Å². The predicted octanol–water partition coefficient (Wildman–Crippen LogP) is 4.66. The Bertz CT molecular complexity index is 855. The Balaban J connectivity index is 0.000000290. The first-order valence-corrected chi connectivity index (χ1v) is 8.63. The molecule has 0 saturated carbocycles. The molecule has 0 aliphatic rings. The van der Waals surface area contributed by atoms with Gasteiger partial charge >= 0.3 is 0 Å². The van der Waals surface area contributed by atoms with Crippen LogP contribution in [0.15, 0.2) is 77.4 Å². The number of aromatic nitrogens is 1. The monoisotopic (exact) mass is 411 g/mol. The largest absolute Gasteiger partial charge is 0.327 e. The van der Waals surface area contributed by atoms with Gasteiger partial charge in [-0.1, -0.05) is 52.3 Å². The number of pyridine rings is 1. The van der Waals surface area contributed by atoms with E-state index in [0.29, 0.717) is 29.0 Å². The molecule has 0 atom stereocenters. The molecule has 2 N–H and O–H groups in total. The maximum Gasteiger partial charge on any atom is 0.255 e. The van der Waals surface area contributed by atoms with Crippen LogP contribution in [0.4, 0.5) is 11.4 Å². The molecule has 5 nitrogen and oxygen atoms in total. The molecule has 1 aromatic heterocycles. The molecule has 6 heteroatoms. The van der Waals surface area contributed by atoms with Crippen LogP contribution in [-0.4, -0.2) is 17.3 Å². The minimum absolute atomic E-state index is 0.214. The van der Waals surface area contributed by atoms with Crippen molar-refractivity contribution in [3.63, 3.8) is 0 Å². The molecular weight excluding hydrogens is 394 g/mol. The van der Waals surface area contributed by atoms with Crippen LogP contribution in [-0.2, 0) is 4.79 Å². The summed E-state index contributed by atoms with van der Waals surface area (Å²) in [4.78, 5) is 26.5. The first-order chi connectivity index (χ1) is 12.6. The molecule has 0 spiro atoms. The summed E-state index contributed by atoms with van der Waals surface area (Å²) in [6.45, 7) is 1.78. The van der Waals surface area contributed by atoms with Gasteiger partial charge in [-0.25, -0.2) is 0 Å². The van der Waals surface area contributed by atoms with E-state index in [2.05, 4.69) is 31.5 Å². The molecule has 0 aliphatic carbocycles. The van der Waals surface area contributed by atoms with Gasteiger partial charge in [0.15, 0.2) is 0 Å². The molecule has 26 heavy (non-hydrogen) atoms. The predicted molar refractivity (Wildman–Crippen MR) is 107 cm³/mol. The van der Waals surface area contributed by atoms with E-state index in [1.54, 1.807) is 37.3 Å². The maximum atomic E-state index is 12.0. The summed E-state index contributed by atoms with van der Waals surface area (Å²) in [6.07, 6.45) is 2.09. The lowest BCUT2D eigenvalue weighted by Gasteiger charge is -2.09. The number of halogens is 1. The Hall–Kier alpha value is -2.99. The number of hydrogen-bond donors (Lipinski definition) is 2. The fourth-order valence-electron chi connectivity index (χ4n) is 2.01. The average molecular weight is 412 g/mol. The number of benzene rings is 2. The van der Waals surface area contributed by atoms with E-state index in [1.165, 1.54) is 6.20 Å². The molecule has 3 rings (SSSR count). The summed E-state index contributed by atoms with van der Waals surface area (Å²) in [6, 6.07) is 20.5. The SMILES string of the molecule is Brc1ccccc1.Cc1ncc(NC=O)cc1NC(=O)c1ccccc1. The molecule has 2 amide bonds. The van der Waals surface area contributed by atoms with Crippen LogP contribution in [0.3, 0.4) is 0 Å². The fraction of sp³-hybridized carbons (Fsp3) is 0.0500. The van der Waals surface area contributed by atoms with E-state index in [9.17, 15) is 9.59 Å². The fourth-order valence-corrected chi connectivity index (χ4v) is 2.31. The number of anilines is 2. The molecule has 2 aromatic carbocycles. The zero-order valence-corrected chi connectivity index (χ0v) is 15.7. The molecule has 0 bridgehead atoms. The minimum Gasteiger partial charge on any atom is -0.327 e. The second-order valence-electron chi connectivity index (χ2n) is 5.23. The topological polar surface area (TPSA) is 71.1 Å². The van der Waals surface area contributed by atoms with Gasteiger partial charge in [-0.3, -0.25) is 14.6 Å². The Morgan fingerprint density at radius 3 is 2.19 bits per heavy atom. The number of carbonyl (C=O) groups excluding carboxylic acids is 2. The summed E-state index contributed by atoms with van der Waals surface area (Å²) in [5.74, 6) is -0.214. The number of aryl methyl sites for hydroxylation is 1. The highest BCUT2D eigenvalue weighted by Gasteiger charge is 2.08. The lowest BCUT2D eigenvalue weighted by Crippen LogP contribution is -2.13. The number of rotatable bonds is 4. The smallest absolute Gasteiger partial charge is 0.255 e. The van der Waals surface area contributed by atoms with Crippen molar-refractivity contribution in [2.45, 2.75) is 6.92 Å². The number of hydrogen-bond acceptors (Lipinski definition) is 3. The van der Waals surface area contributed by atoms with Crippen LogP contribution in [0.5, 0.6) is 0 Å². The second kappa shape index (κ2) is 10.1. The van der Waals surface area contributed by atoms with Gasteiger partial charge in [0.2, 0.25) is 6.41 Å². The Labute approximate surface area is 160 Å². The highest BCUT2D eigenvalue weighted by molar-refractivity contribution is 9.10. The standard InChI is InChI=1S/C14H13N3O2.C6H5Br/c1-10-13(7-12(8-15-10)16-9-18)17-14(19)11-5-3-2-4-6-11;7-6-4-2-1-3-5-6/h2-9H,1H3,(H,16,18)(H,17,19);1-5H. The third-order valence-corrected chi connectivity index (χ3v) is 3.86. The lowest BCUT2D eigenvalue weighted by molar-refractivity contribution is -0.105. The summed E-state index contributed by atoms with van der Waals surface area (Å²) in [5, 5.41) is 5.26. The van der Waals surface area contributed by atoms with Crippen LogP contribution >= 0.6 is 15.9 Å². The van der Waals surface area contributed by atoms with Crippen LogP contribution in [0.25, 0.3) is 0 Å². The highest BCUT2D eigenvalue weighted by atomic mass is 79.9. The summed E-state index contributed by atoms with van der Waals surface area (Å²) in [7, 11) is 0. The van der Waals surface area contributed by atoms with Gasteiger partial charge in [0.1, 0.15) is 0 Å². The number of carbonyl (C=O) groups is 2. The quantitative estimate of drug-likeness (QED) is 0.613. The van der Waals surface area contributed by atoms with Crippen LogP contribution < -0.4 is 10.6 Å². The highest BCUT2D eigenvalue weighted by Crippen LogP contribution is 2.18. The Kier molecular flexibility index (Phi) is 7.51. The molecule has 0 aliphatic heterocycles. The van der Waals surface area contributed by atoms with Crippen molar-refractivity contribution in [2.75, 3.05) is 10.6 Å². The van der Waals surface area contributed by atoms with E-state index in [0.717, 1.165) is 4.47 Å². The maximum absolute atomic E-state index is 12.0. The molecule has 132 valence electrons. The van der Waals surface area contributed by atoms with Crippen molar-refractivity contribution in [1.29, 1.82) is 0 Å². The molecule has 0 radical (unpaired) electrons. The number of nitrogens with one attached hydrogen (secondary N) is 2. The normalized spacial score (nSPS) is 9.46. The van der Waals surface area contributed by atoms with Gasteiger partial charge < -0.3 is 10.6 Å². The molecular formula is C20H18BrN3O2. The summed E-state index contributed by atoms with van der Waals surface area (Å²) >= 11 is 3.31. The first kappa shape index (κ1) is 19.3. The lowest BCUT2D eigenvalue weighted by atomic mass is 10.2. The van der Waals surface area contributed by atoms with Gasteiger partial charge in [-0.05, 0) is 37.3 Å². The third-order valence-electron chi connectivity index (χ3n) is 3.33. The van der Waals surface area contributed by atoms with Gasteiger partial charge in [0, 0.05) is 10.0 Å². The Morgan fingerprint density at radius 1 is 1.04 bits per heavy atom. The van der Waals surface area contributed by atoms with Crippen molar-refractivity contribution in [3.05, 3.63) is 88.7 Å². The minimum atomic E-state index is -0.214. The van der Waals surface area contributed by atoms with Crippen molar-refractivity contribution >= 4 is 39.6 Å². The Morgan fingerprint density at radius 2 is 1.65 bits per heavy atom. The number of amides is 2. The van der Waals surface area contributed by atoms with E-state index in [1.807, 2.05) is 36.4 Å². The summed E-state index contributed by atoms with van der Waals surface area (Å²) in [5.41, 5.74) is 2.35. The zero-order valence-electron chi connectivity index (χ0n) is 14.1. The summed E-state index contributed by atoms with van der Waals surface area (Å²) < 4.78 is 1.13. The first-order valence-electron chi connectivity index (χ1n) is 7.84. The third kappa shape index (κ3) is 6.14. The zero-order chi connectivity index (χ0) is 18.8. The molecule has 0 saturated heterocycles. The second-order valence-corrected chi connectivity index (χ2v) is 6.15.